The molecule has 20 heavy (non-hydrogen) atoms. The van der Waals surface area contributed by atoms with Crippen LogP contribution in [0.2, 0.25) is 0 Å². The molecule has 0 spiro atoms. The first kappa shape index (κ1) is 15.3. The van der Waals surface area contributed by atoms with Crippen molar-refractivity contribution in [2.75, 3.05) is 20.2 Å². The van der Waals surface area contributed by atoms with Crippen molar-refractivity contribution in [1.82, 2.24) is 4.90 Å². The number of likely N-dealkylation sites (tertiary alicyclic amines) is 1. The van der Waals surface area contributed by atoms with Gasteiger partial charge >= 0.3 is 5.97 Å². The Labute approximate surface area is 120 Å². The third kappa shape index (κ3) is 3.72. The van der Waals surface area contributed by atoms with Crippen LogP contribution in [-0.4, -0.2) is 49.2 Å². The number of esters is 1. The normalized spacial score (nSPS) is 28.2. The van der Waals surface area contributed by atoms with Crippen molar-refractivity contribution in [2.24, 2.45) is 5.92 Å². The summed E-state index contributed by atoms with van der Waals surface area (Å²) in [4.78, 5) is 25.3. The summed E-state index contributed by atoms with van der Waals surface area (Å²) in [6.45, 7) is 2.89. The number of rotatable bonds is 3. The smallest absolute Gasteiger partial charge is 0.309 e. The van der Waals surface area contributed by atoms with Crippen LogP contribution in [0.1, 0.15) is 45.4 Å². The van der Waals surface area contributed by atoms with Gasteiger partial charge in [0, 0.05) is 27.1 Å². The highest BCUT2D eigenvalue weighted by Crippen LogP contribution is 2.26. The number of carbonyl (C=O) groups excluding carboxylic acids is 2. The van der Waals surface area contributed by atoms with Crippen LogP contribution >= 0.6 is 0 Å². The summed E-state index contributed by atoms with van der Waals surface area (Å²) in [6, 6.07) is 0. The number of nitrogens with zero attached hydrogens (tertiary/aromatic N) is 1. The standard InChI is InChI=1S/C15H25NO4/c1-11(17)16-9-7-12(8-10-16)15(18)20-14-6-4-3-5-13(14)19-2/h12-14H,3-10H2,1-2H3/t13-,14-/m0/s1. The number of piperidine rings is 1. The third-order valence-corrected chi connectivity index (χ3v) is 4.49. The van der Waals surface area contributed by atoms with Crippen molar-refractivity contribution in [3.8, 4) is 0 Å². The highest BCUT2D eigenvalue weighted by atomic mass is 16.6. The van der Waals surface area contributed by atoms with Crippen LogP contribution in [0.5, 0.6) is 0 Å². The minimum absolute atomic E-state index is 0.0463. The SMILES string of the molecule is CO[C@H]1CCCC[C@@H]1OC(=O)C1CCN(C(C)=O)CC1. The second-order valence-electron chi connectivity index (χ2n) is 5.81. The Bertz CT molecular complexity index is 350. The quantitative estimate of drug-likeness (QED) is 0.740. The zero-order valence-electron chi connectivity index (χ0n) is 12.5. The first-order valence-electron chi connectivity index (χ1n) is 7.60. The minimum Gasteiger partial charge on any atom is -0.459 e. The Morgan fingerprint density at radius 3 is 2.15 bits per heavy atom. The van der Waals surface area contributed by atoms with E-state index in [9.17, 15) is 9.59 Å². The first-order valence-corrected chi connectivity index (χ1v) is 7.60. The molecule has 1 heterocycles. The zero-order valence-corrected chi connectivity index (χ0v) is 12.5. The topological polar surface area (TPSA) is 55.8 Å². The van der Waals surface area contributed by atoms with Crippen molar-refractivity contribution in [2.45, 2.75) is 57.7 Å². The number of hydrogen-bond acceptors (Lipinski definition) is 4. The van der Waals surface area contributed by atoms with Crippen molar-refractivity contribution >= 4 is 11.9 Å². The highest BCUT2D eigenvalue weighted by molar-refractivity contribution is 5.75. The molecule has 0 aromatic heterocycles. The molecule has 2 aliphatic rings. The molecule has 5 nitrogen and oxygen atoms in total. The van der Waals surface area contributed by atoms with Gasteiger partial charge in [-0.2, -0.15) is 0 Å². The fourth-order valence-corrected chi connectivity index (χ4v) is 3.14. The van der Waals surface area contributed by atoms with Crippen LogP contribution in [-0.2, 0) is 19.1 Å². The lowest BCUT2D eigenvalue weighted by Crippen LogP contribution is -2.42. The van der Waals surface area contributed by atoms with Gasteiger partial charge in [-0.15, -0.1) is 0 Å². The molecule has 0 aromatic rings. The largest absolute Gasteiger partial charge is 0.459 e. The Balaban J connectivity index is 1.81. The summed E-state index contributed by atoms with van der Waals surface area (Å²) in [5, 5.41) is 0. The molecule has 2 rings (SSSR count). The minimum atomic E-state index is -0.109. The van der Waals surface area contributed by atoms with Gasteiger partial charge in [-0.1, -0.05) is 6.42 Å². The Morgan fingerprint density at radius 1 is 1.00 bits per heavy atom. The van der Waals surface area contributed by atoms with Crippen molar-refractivity contribution in [1.29, 1.82) is 0 Å². The van der Waals surface area contributed by atoms with Crippen LogP contribution in [0.15, 0.2) is 0 Å². The van der Waals surface area contributed by atoms with E-state index in [2.05, 4.69) is 0 Å². The molecule has 0 radical (unpaired) electrons. The number of carbonyl (C=O) groups is 2. The van der Waals surface area contributed by atoms with E-state index in [4.69, 9.17) is 9.47 Å². The summed E-state index contributed by atoms with van der Waals surface area (Å²) in [7, 11) is 1.68. The molecule has 5 heteroatoms. The van der Waals surface area contributed by atoms with E-state index in [1.807, 2.05) is 0 Å². The van der Waals surface area contributed by atoms with E-state index in [0.717, 1.165) is 25.7 Å². The molecule has 1 saturated heterocycles. The molecule has 114 valence electrons. The fourth-order valence-electron chi connectivity index (χ4n) is 3.14. The molecule has 0 bridgehead atoms. The molecular formula is C15H25NO4. The van der Waals surface area contributed by atoms with Gasteiger partial charge in [0.25, 0.3) is 0 Å². The Kier molecular flexibility index (Phi) is 5.40. The van der Waals surface area contributed by atoms with Gasteiger partial charge < -0.3 is 14.4 Å². The molecular weight excluding hydrogens is 258 g/mol. The van der Waals surface area contributed by atoms with Gasteiger partial charge in [0.1, 0.15) is 6.10 Å². The van der Waals surface area contributed by atoms with Gasteiger partial charge in [0.15, 0.2) is 0 Å². The number of ether oxygens (including phenoxy) is 2. The average molecular weight is 283 g/mol. The van der Waals surface area contributed by atoms with Crippen molar-refractivity contribution in [3.05, 3.63) is 0 Å². The summed E-state index contributed by atoms with van der Waals surface area (Å²) in [5.41, 5.74) is 0. The lowest BCUT2D eigenvalue weighted by Gasteiger charge is -2.33. The van der Waals surface area contributed by atoms with E-state index in [1.54, 1.807) is 18.9 Å². The maximum Gasteiger partial charge on any atom is 0.309 e. The van der Waals surface area contributed by atoms with E-state index >= 15 is 0 Å². The second kappa shape index (κ2) is 7.07. The van der Waals surface area contributed by atoms with Crippen LogP contribution in [0, 0.1) is 5.92 Å². The molecule has 2 atom stereocenters. The molecule has 1 aliphatic heterocycles. The Hall–Kier alpha value is -1.10. The summed E-state index contributed by atoms with van der Waals surface area (Å²) in [6.07, 6.45) is 5.49. The summed E-state index contributed by atoms with van der Waals surface area (Å²) in [5.74, 6) is -0.0873. The molecule has 1 saturated carbocycles. The van der Waals surface area contributed by atoms with E-state index in [-0.39, 0.29) is 30.0 Å². The summed E-state index contributed by atoms with van der Waals surface area (Å²) >= 11 is 0. The molecule has 1 aliphatic carbocycles. The van der Waals surface area contributed by atoms with Gasteiger partial charge in [0.05, 0.1) is 12.0 Å². The second-order valence-corrected chi connectivity index (χ2v) is 5.81. The van der Waals surface area contributed by atoms with Gasteiger partial charge in [-0.05, 0) is 32.1 Å². The van der Waals surface area contributed by atoms with Gasteiger partial charge in [0.2, 0.25) is 5.91 Å². The highest BCUT2D eigenvalue weighted by Gasteiger charge is 2.32. The van der Waals surface area contributed by atoms with Crippen molar-refractivity contribution < 1.29 is 19.1 Å². The number of hydrogen-bond donors (Lipinski definition) is 0. The molecule has 0 aromatic carbocycles. The Morgan fingerprint density at radius 2 is 1.60 bits per heavy atom. The van der Waals surface area contributed by atoms with Gasteiger partial charge in [-0.25, -0.2) is 0 Å². The fraction of sp³-hybridized carbons (Fsp3) is 0.867. The zero-order chi connectivity index (χ0) is 14.5. The molecule has 0 unspecified atom stereocenters. The van der Waals surface area contributed by atoms with Gasteiger partial charge in [-0.3, -0.25) is 9.59 Å². The van der Waals surface area contributed by atoms with Crippen LogP contribution < -0.4 is 0 Å². The molecule has 2 fully saturated rings. The van der Waals surface area contributed by atoms with E-state index in [0.29, 0.717) is 25.9 Å². The maximum absolute atomic E-state index is 12.2. The van der Waals surface area contributed by atoms with E-state index < -0.39 is 0 Å². The maximum atomic E-state index is 12.2. The van der Waals surface area contributed by atoms with E-state index in [1.165, 1.54) is 0 Å². The number of methoxy groups -OCH3 is 1. The van der Waals surface area contributed by atoms with Crippen molar-refractivity contribution in [3.63, 3.8) is 0 Å². The first-order chi connectivity index (χ1) is 9.61. The molecule has 0 N–H and O–H groups in total. The predicted molar refractivity (Wildman–Crippen MR) is 74.1 cm³/mol. The molecule has 1 amide bonds. The third-order valence-electron chi connectivity index (χ3n) is 4.49. The lowest BCUT2D eigenvalue weighted by molar-refractivity contribution is -0.166. The predicted octanol–water partition coefficient (Wildman–Crippen LogP) is 1.75. The van der Waals surface area contributed by atoms with Crippen LogP contribution in [0.4, 0.5) is 0 Å². The van der Waals surface area contributed by atoms with Crippen LogP contribution in [0.3, 0.4) is 0 Å². The average Bonchev–Trinajstić information content (AvgIpc) is 2.48. The van der Waals surface area contributed by atoms with Crippen LogP contribution in [0.25, 0.3) is 0 Å². The summed E-state index contributed by atoms with van der Waals surface area (Å²) < 4.78 is 11.1. The number of amides is 1. The lowest BCUT2D eigenvalue weighted by atomic mass is 9.93. The monoisotopic (exact) mass is 283 g/mol.